The lowest BCUT2D eigenvalue weighted by Gasteiger charge is -2.31. The van der Waals surface area contributed by atoms with Crippen molar-refractivity contribution in [3.63, 3.8) is 0 Å². The number of methoxy groups -OCH3 is 2. The van der Waals surface area contributed by atoms with Crippen LogP contribution in [-0.4, -0.2) is 63.4 Å². The van der Waals surface area contributed by atoms with Gasteiger partial charge in [0, 0.05) is 20.2 Å². The zero-order chi connectivity index (χ0) is 14.0. The molecule has 0 spiro atoms. The lowest BCUT2D eigenvalue weighted by molar-refractivity contribution is -0.151. The number of carbonyl (C=O) groups is 1. The van der Waals surface area contributed by atoms with Crippen LogP contribution < -0.4 is 5.32 Å². The quantitative estimate of drug-likeness (QED) is 0.591. The van der Waals surface area contributed by atoms with E-state index in [1.165, 1.54) is 7.11 Å². The third-order valence-electron chi connectivity index (χ3n) is 3.36. The van der Waals surface area contributed by atoms with Crippen molar-refractivity contribution < 1.29 is 14.3 Å². The molecule has 0 aliphatic carbocycles. The van der Waals surface area contributed by atoms with Gasteiger partial charge < -0.3 is 14.4 Å². The van der Waals surface area contributed by atoms with E-state index in [4.69, 9.17) is 9.47 Å². The van der Waals surface area contributed by atoms with Gasteiger partial charge in [-0.25, -0.2) is 4.79 Å². The van der Waals surface area contributed by atoms with Gasteiger partial charge in [-0.05, 0) is 19.5 Å². The first-order chi connectivity index (χ1) is 8.60. The predicted octanol–water partition coefficient (Wildman–Crippen LogP) is 0.886. The molecule has 0 saturated carbocycles. The summed E-state index contributed by atoms with van der Waals surface area (Å²) >= 11 is 0. The van der Waals surface area contributed by atoms with Gasteiger partial charge in [-0.3, -0.25) is 5.32 Å². The maximum absolute atomic E-state index is 11.9. The molecule has 0 heterocycles. The fourth-order valence-electron chi connectivity index (χ4n) is 1.99. The average molecular weight is 260 g/mol. The van der Waals surface area contributed by atoms with Crippen LogP contribution in [0.25, 0.3) is 0 Å². The molecule has 0 aromatic rings. The molecule has 18 heavy (non-hydrogen) atoms. The van der Waals surface area contributed by atoms with Crippen molar-refractivity contribution in [3.05, 3.63) is 0 Å². The highest BCUT2D eigenvalue weighted by Crippen LogP contribution is 2.13. The number of carbonyl (C=O) groups excluding carboxylic acids is 1. The SMILES string of the molecule is CCN(CC)CCNC(CC)(COC)C(=O)OC. The molecule has 0 aliphatic heterocycles. The molecule has 1 N–H and O–H groups in total. The first-order valence-electron chi connectivity index (χ1n) is 6.64. The fraction of sp³-hybridized carbons (Fsp3) is 0.923. The molecule has 0 rings (SSSR count). The van der Waals surface area contributed by atoms with Crippen molar-refractivity contribution in [1.29, 1.82) is 0 Å². The number of nitrogens with one attached hydrogen (secondary N) is 1. The molecule has 0 aliphatic rings. The van der Waals surface area contributed by atoms with Crippen LogP contribution in [-0.2, 0) is 14.3 Å². The van der Waals surface area contributed by atoms with E-state index in [2.05, 4.69) is 24.1 Å². The summed E-state index contributed by atoms with van der Waals surface area (Å²) in [6.07, 6.45) is 0.645. The molecule has 5 nitrogen and oxygen atoms in total. The molecule has 0 aromatic carbocycles. The molecule has 0 radical (unpaired) electrons. The van der Waals surface area contributed by atoms with Crippen LogP contribution in [0.4, 0.5) is 0 Å². The molecule has 0 fully saturated rings. The summed E-state index contributed by atoms with van der Waals surface area (Å²) in [6, 6.07) is 0. The first kappa shape index (κ1) is 17.4. The summed E-state index contributed by atoms with van der Waals surface area (Å²) in [4.78, 5) is 14.2. The van der Waals surface area contributed by atoms with Crippen LogP contribution in [0.1, 0.15) is 27.2 Å². The molecule has 5 heteroatoms. The number of likely N-dealkylation sites (N-methyl/N-ethyl adjacent to an activating group) is 1. The second kappa shape index (κ2) is 9.30. The van der Waals surface area contributed by atoms with Crippen molar-refractivity contribution >= 4 is 5.97 Å². The standard InChI is InChI=1S/C13H28N2O3/c1-6-13(11-17-4,12(16)18-5)14-9-10-15(7-2)8-3/h14H,6-11H2,1-5H3. The van der Waals surface area contributed by atoms with Gasteiger partial charge in [-0.1, -0.05) is 20.8 Å². The van der Waals surface area contributed by atoms with Gasteiger partial charge in [0.15, 0.2) is 0 Å². The Hall–Kier alpha value is -0.650. The molecule has 1 unspecified atom stereocenters. The number of esters is 1. The van der Waals surface area contributed by atoms with Gasteiger partial charge in [0.1, 0.15) is 5.54 Å². The summed E-state index contributed by atoms with van der Waals surface area (Å²) in [6.45, 7) is 10.2. The second-order valence-electron chi connectivity index (χ2n) is 4.31. The summed E-state index contributed by atoms with van der Waals surface area (Å²) in [5.41, 5.74) is -0.726. The van der Waals surface area contributed by atoms with E-state index in [9.17, 15) is 4.79 Å². The Morgan fingerprint density at radius 2 is 1.83 bits per heavy atom. The van der Waals surface area contributed by atoms with Crippen LogP contribution in [0.5, 0.6) is 0 Å². The van der Waals surface area contributed by atoms with Gasteiger partial charge in [-0.15, -0.1) is 0 Å². The maximum Gasteiger partial charge on any atom is 0.328 e. The number of ether oxygens (including phenoxy) is 2. The van der Waals surface area contributed by atoms with Gasteiger partial charge in [0.2, 0.25) is 0 Å². The molecule has 0 amide bonds. The highest BCUT2D eigenvalue weighted by atomic mass is 16.5. The lowest BCUT2D eigenvalue weighted by Crippen LogP contribution is -2.57. The molecule has 0 saturated heterocycles. The molecule has 0 aromatic heterocycles. The van der Waals surface area contributed by atoms with E-state index < -0.39 is 5.54 Å². The largest absolute Gasteiger partial charge is 0.468 e. The fourth-order valence-corrected chi connectivity index (χ4v) is 1.99. The minimum absolute atomic E-state index is 0.258. The summed E-state index contributed by atoms with van der Waals surface area (Å²) in [5.74, 6) is -0.258. The number of rotatable bonds is 10. The Morgan fingerprint density at radius 1 is 1.22 bits per heavy atom. The second-order valence-corrected chi connectivity index (χ2v) is 4.31. The van der Waals surface area contributed by atoms with Crippen molar-refractivity contribution in [2.75, 3.05) is 47.0 Å². The minimum Gasteiger partial charge on any atom is -0.468 e. The topological polar surface area (TPSA) is 50.8 Å². The molecular weight excluding hydrogens is 232 g/mol. The highest BCUT2D eigenvalue weighted by Gasteiger charge is 2.37. The van der Waals surface area contributed by atoms with E-state index in [0.717, 1.165) is 26.2 Å². The number of hydrogen-bond acceptors (Lipinski definition) is 5. The third-order valence-corrected chi connectivity index (χ3v) is 3.36. The van der Waals surface area contributed by atoms with Crippen molar-refractivity contribution in [1.82, 2.24) is 10.2 Å². The number of nitrogens with zero attached hydrogens (tertiary/aromatic N) is 1. The minimum atomic E-state index is -0.726. The van der Waals surface area contributed by atoms with Crippen LogP contribution in [0.15, 0.2) is 0 Å². The lowest BCUT2D eigenvalue weighted by atomic mass is 9.97. The predicted molar refractivity (Wildman–Crippen MR) is 72.7 cm³/mol. The molecule has 0 bridgehead atoms. The smallest absolute Gasteiger partial charge is 0.328 e. The Labute approximate surface area is 111 Å². The summed E-state index contributed by atoms with van der Waals surface area (Å²) < 4.78 is 10.0. The van der Waals surface area contributed by atoms with Crippen molar-refractivity contribution in [2.24, 2.45) is 0 Å². The molecular formula is C13H28N2O3. The number of hydrogen-bond donors (Lipinski definition) is 1. The van der Waals surface area contributed by atoms with Crippen LogP contribution >= 0.6 is 0 Å². The first-order valence-corrected chi connectivity index (χ1v) is 6.64. The van der Waals surface area contributed by atoms with Crippen molar-refractivity contribution in [3.8, 4) is 0 Å². The van der Waals surface area contributed by atoms with E-state index >= 15 is 0 Å². The maximum atomic E-state index is 11.9. The van der Waals surface area contributed by atoms with E-state index in [1.807, 2.05) is 6.92 Å². The monoisotopic (exact) mass is 260 g/mol. The molecule has 1 atom stereocenters. The van der Waals surface area contributed by atoms with Crippen LogP contribution in [0, 0.1) is 0 Å². The third kappa shape index (κ3) is 4.92. The summed E-state index contributed by atoms with van der Waals surface area (Å²) in [5, 5.41) is 3.29. The zero-order valence-corrected chi connectivity index (χ0v) is 12.4. The van der Waals surface area contributed by atoms with E-state index in [0.29, 0.717) is 13.0 Å². The molecule has 108 valence electrons. The average Bonchev–Trinajstić information content (AvgIpc) is 2.41. The van der Waals surface area contributed by atoms with Crippen LogP contribution in [0.3, 0.4) is 0 Å². The Morgan fingerprint density at radius 3 is 2.22 bits per heavy atom. The normalized spacial score (nSPS) is 14.6. The summed E-state index contributed by atoms with van der Waals surface area (Å²) in [7, 11) is 3.01. The van der Waals surface area contributed by atoms with Gasteiger partial charge in [-0.2, -0.15) is 0 Å². The Kier molecular flexibility index (Phi) is 8.97. The van der Waals surface area contributed by atoms with E-state index in [1.54, 1.807) is 7.11 Å². The van der Waals surface area contributed by atoms with Crippen LogP contribution in [0.2, 0.25) is 0 Å². The Balaban J connectivity index is 4.45. The van der Waals surface area contributed by atoms with Gasteiger partial charge in [0.25, 0.3) is 0 Å². The highest BCUT2D eigenvalue weighted by molar-refractivity contribution is 5.80. The van der Waals surface area contributed by atoms with Gasteiger partial charge in [0.05, 0.1) is 13.7 Å². The van der Waals surface area contributed by atoms with Gasteiger partial charge >= 0.3 is 5.97 Å². The zero-order valence-electron chi connectivity index (χ0n) is 12.4. The van der Waals surface area contributed by atoms with E-state index in [-0.39, 0.29) is 5.97 Å². The Bertz CT molecular complexity index is 232. The van der Waals surface area contributed by atoms with Crippen molar-refractivity contribution in [2.45, 2.75) is 32.7 Å².